The van der Waals surface area contributed by atoms with Gasteiger partial charge in [0.15, 0.2) is 5.82 Å². The molecule has 11 heteroatoms. The molecule has 0 radical (unpaired) electrons. The number of aromatic amines is 1. The van der Waals surface area contributed by atoms with E-state index in [0.717, 1.165) is 73.3 Å². The Bertz CT molecular complexity index is 1460. The Morgan fingerprint density at radius 2 is 1.77 bits per heavy atom. The first-order valence-electron chi connectivity index (χ1n) is 14.9. The summed E-state index contributed by atoms with van der Waals surface area (Å²) in [5.74, 6) is 0.651. The molecule has 0 bridgehead atoms. The highest BCUT2D eigenvalue weighted by Crippen LogP contribution is 2.31. The van der Waals surface area contributed by atoms with E-state index in [1.807, 2.05) is 19.1 Å². The van der Waals surface area contributed by atoms with Crippen LogP contribution in [0.4, 0.5) is 13.2 Å². The first kappa shape index (κ1) is 30.6. The molecule has 1 amide bonds. The molecule has 2 saturated heterocycles. The second-order valence-corrected chi connectivity index (χ2v) is 11.2. The summed E-state index contributed by atoms with van der Waals surface area (Å²) in [7, 11) is 0. The van der Waals surface area contributed by atoms with Crippen LogP contribution in [0.15, 0.2) is 59.7 Å². The Balaban J connectivity index is 1.12. The SMILES string of the molecule is CCC(C=N)=N/C=C/CN1CCC(c2ccc3nc(C(=O)N4CCN(Cc5ccc(C(F)(F)F)cc5)CC4)[nH]c3c2)CC1. The molecule has 5 rings (SSSR count). The molecule has 228 valence electrons. The molecular formula is C32H38F3N7O. The number of fused-ring (bicyclic) bond motifs is 1. The average molecular weight is 594 g/mol. The average Bonchev–Trinajstić information content (AvgIpc) is 3.45. The van der Waals surface area contributed by atoms with Crippen molar-refractivity contribution in [2.24, 2.45) is 4.99 Å². The number of likely N-dealkylation sites (tertiary alicyclic amines) is 1. The third-order valence-corrected chi connectivity index (χ3v) is 8.35. The fourth-order valence-electron chi connectivity index (χ4n) is 5.72. The van der Waals surface area contributed by atoms with Crippen LogP contribution in [0.5, 0.6) is 0 Å². The summed E-state index contributed by atoms with van der Waals surface area (Å²) in [6.07, 6.45) is 3.67. The maximum atomic E-state index is 13.2. The van der Waals surface area contributed by atoms with E-state index in [1.54, 1.807) is 11.1 Å². The number of halogens is 3. The van der Waals surface area contributed by atoms with Crippen LogP contribution >= 0.6 is 0 Å². The molecular weight excluding hydrogens is 555 g/mol. The number of carbonyl (C=O) groups excluding carboxylic acids is 1. The molecule has 3 heterocycles. The summed E-state index contributed by atoms with van der Waals surface area (Å²) in [5, 5.41) is 7.32. The number of carbonyl (C=O) groups is 1. The van der Waals surface area contributed by atoms with Gasteiger partial charge in [-0.2, -0.15) is 13.2 Å². The van der Waals surface area contributed by atoms with Gasteiger partial charge in [0.05, 0.1) is 22.3 Å². The summed E-state index contributed by atoms with van der Waals surface area (Å²) in [6.45, 7) is 7.73. The standard InChI is InChI=1S/C32H38F3N7O/c1-2-27(21-36)37-12-3-13-40-14-10-24(11-15-40)25-6-9-28-29(20-25)39-30(38-28)31(43)42-18-16-41(17-19-42)22-23-4-7-26(8-5-23)32(33,34)35/h3-9,12,20-21,24,36H,2,10-11,13-19,22H2,1H3,(H,38,39)/b12-3+,36-21?,37-27?. The first-order chi connectivity index (χ1) is 20.7. The third-order valence-electron chi connectivity index (χ3n) is 8.35. The van der Waals surface area contributed by atoms with Crippen molar-refractivity contribution in [2.45, 2.75) is 44.8 Å². The van der Waals surface area contributed by atoms with E-state index in [-0.39, 0.29) is 5.91 Å². The van der Waals surface area contributed by atoms with Crippen molar-refractivity contribution >= 4 is 28.9 Å². The van der Waals surface area contributed by atoms with Gasteiger partial charge >= 0.3 is 6.18 Å². The van der Waals surface area contributed by atoms with Gasteiger partial charge in [-0.1, -0.05) is 31.2 Å². The van der Waals surface area contributed by atoms with Gasteiger partial charge in [-0.05, 0) is 73.7 Å². The van der Waals surface area contributed by atoms with E-state index >= 15 is 0 Å². The van der Waals surface area contributed by atoms with Gasteiger partial charge in [-0.3, -0.25) is 19.6 Å². The monoisotopic (exact) mass is 593 g/mol. The van der Waals surface area contributed by atoms with Crippen LogP contribution in [0.1, 0.15) is 59.4 Å². The number of amides is 1. The van der Waals surface area contributed by atoms with E-state index in [1.165, 1.54) is 23.9 Å². The molecule has 0 spiro atoms. The molecule has 0 saturated carbocycles. The number of rotatable bonds is 9. The lowest BCUT2D eigenvalue weighted by Crippen LogP contribution is -2.48. The number of nitrogens with one attached hydrogen (secondary N) is 2. The van der Waals surface area contributed by atoms with Gasteiger partial charge in [0, 0.05) is 51.7 Å². The van der Waals surface area contributed by atoms with Crippen LogP contribution in [0.3, 0.4) is 0 Å². The third kappa shape index (κ3) is 7.77. The van der Waals surface area contributed by atoms with E-state index in [4.69, 9.17) is 5.41 Å². The Morgan fingerprint density at radius 3 is 2.42 bits per heavy atom. The number of hydrogen-bond acceptors (Lipinski definition) is 6. The minimum Gasteiger partial charge on any atom is -0.334 e. The summed E-state index contributed by atoms with van der Waals surface area (Å²) < 4.78 is 38.5. The van der Waals surface area contributed by atoms with Crippen molar-refractivity contribution in [3.8, 4) is 0 Å². The fourth-order valence-corrected chi connectivity index (χ4v) is 5.72. The van der Waals surface area contributed by atoms with Gasteiger partial charge in [0.1, 0.15) is 0 Å². The van der Waals surface area contributed by atoms with Gasteiger partial charge in [0.25, 0.3) is 5.91 Å². The van der Waals surface area contributed by atoms with Crippen LogP contribution in [-0.2, 0) is 12.7 Å². The number of aliphatic imine (C=N–C) groups is 1. The molecule has 0 atom stereocenters. The highest BCUT2D eigenvalue weighted by Gasteiger charge is 2.30. The lowest BCUT2D eigenvalue weighted by atomic mass is 9.89. The van der Waals surface area contributed by atoms with Crippen molar-refractivity contribution < 1.29 is 18.0 Å². The Hall–Kier alpha value is -3.83. The van der Waals surface area contributed by atoms with Crippen molar-refractivity contribution in [1.82, 2.24) is 24.7 Å². The maximum Gasteiger partial charge on any atom is 0.416 e. The molecule has 2 fully saturated rings. The van der Waals surface area contributed by atoms with Gasteiger partial charge in [0.2, 0.25) is 0 Å². The smallest absolute Gasteiger partial charge is 0.334 e. The largest absolute Gasteiger partial charge is 0.416 e. The number of alkyl halides is 3. The predicted molar refractivity (Wildman–Crippen MR) is 163 cm³/mol. The van der Waals surface area contributed by atoms with Crippen molar-refractivity contribution in [3.63, 3.8) is 0 Å². The number of piperazine rings is 1. The topological polar surface area (TPSA) is 91.7 Å². The fraction of sp³-hybridized carbons (Fsp3) is 0.438. The van der Waals surface area contributed by atoms with Gasteiger partial charge in [-0.25, -0.2) is 4.98 Å². The van der Waals surface area contributed by atoms with Gasteiger partial charge in [-0.15, -0.1) is 0 Å². The van der Waals surface area contributed by atoms with E-state index < -0.39 is 11.7 Å². The normalized spacial score (nSPS) is 18.1. The van der Waals surface area contributed by atoms with Crippen LogP contribution in [0.2, 0.25) is 0 Å². The Labute approximate surface area is 249 Å². The maximum absolute atomic E-state index is 13.2. The Kier molecular flexibility index (Phi) is 9.72. The van der Waals surface area contributed by atoms with E-state index in [0.29, 0.717) is 44.5 Å². The first-order valence-corrected chi connectivity index (χ1v) is 14.9. The number of hydrogen-bond donors (Lipinski definition) is 2. The zero-order valence-corrected chi connectivity index (χ0v) is 24.4. The molecule has 3 aromatic rings. The second kappa shape index (κ2) is 13.6. The van der Waals surface area contributed by atoms with Crippen molar-refractivity contribution in [2.75, 3.05) is 45.8 Å². The number of imidazole rings is 1. The Morgan fingerprint density at radius 1 is 1.05 bits per heavy atom. The summed E-state index contributed by atoms with van der Waals surface area (Å²) >= 11 is 0. The minimum absolute atomic E-state index is 0.135. The highest BCUT2D eigenvalue weighted by atomic mass is 19.4. The zero-order chi connectivity index (χ0) is 30.4. The number of piperidine rings is 1. The van der Waals surface area contributed by atoms with E-state index in [9.17, 15) is 18.0 Å². The van der Waals surface area contributed by atoms with Crippen molar-refractivity contribution in [3.05, 3.63) is 77.3 Å². The van der Waals surface area contributed by atoms with E-state index in [2.05, 4.69) is 36.9 Å². The molecule has 1 aromatic heterocycles. The van der Waals surface area contributed by atoms with Crippen molar-refractivity contribution in [1.29, 1.82) is 5.41 Å². The zero-order valence-electron chi connectivity index (χ0n) is 24.4. The number of H-pyrrole nitrogens is 1. The number of aromatic nitrogens is 2. The molecule has 43 heavy (non-hydrogen) atoms. The van der Waals surface area contributed by atoms with Crippen LogP contribution < -0.4 is 0 Å². The van der Waals surface area contributed by atoms with Crippen LogP contribution in [0, 0.1) is 5.41 Å². The molecule has 2 aliphatic rings. The highest BCUT2D eigenvalue weighted by molar-refractivity contribution is 6.29. The molecule has 2 N–H and O–H groups in total. The van der Waals surface area contributed by atoms with Gasteiger partial charge < -0.3 is 15.3 Å². The molecule has 0 unspecified atom stereocenters. The quantitative estimate of drug-likeness (QED) is 0.310. The lowest BCUT2D eigenvalue weighted by molar-refractivity contribution is -0.137. The number of benzene rings is 2. The molecule has 0 aliphatic carbocycles. The number of nitrogens with zero attached hydrogens (tertiary/aromatic N) is 5. The summed E-state index contributed by atoms with van der Waals surface area (Å²) in [5.41, 5.74) is 3.83. The second-order valence-electron chi connectivity index (χ2n) is 11.2. The van der Waals surface area contributed by atoms with Crippen LogP contribution in [-0.4, -0.2) is 88.3 Å². The molecule has 2 aliphatic heterocycles. The summed E-state index contributed by atoms with van der Waals surface area (Å²) in [6, 6.07) is 11.5. The van der Waals surface area contributed by atoms with Crippen LogP contribution in [0.25, 0.3) is 11.0 Å². The lowest BCUT2D eigenvalue weighted by Gasteiger charge is -2.34. The molecule has 2 aromatic carbocycles. The minimum atomic E-state index is -4.34. The summed E-state index contributed by atoms with van der Waals surface area (Å²) in [4.78, 5) is 31.7. The molecule has 8 nitrogen and oxygen atoms in total. The predicted octanol–water partition coefficient (Wildman–Crippen LogP) is 5.73.